The molecular formula is C58H73N3O9S. The lowest BCUT2D eigenvalue weighted by molar-refractivity contribution is -0.149. The molecule has 1 N–H and O–H groups in total. The molecule has 0 radical (unpaired) electrons. The summed E-state index contributed by atoms with van der Waals surface area (Å²) in [6, 6.07) is 17.4. The van der Waals surface area contributed by atoms with E-state index in [1.54, 1.807) is 65.0 Å². The topological polar surface area (TPSA) is 117 Å². The van der Waals surface area contributed by atoms with Crippen molar-refractivity contribution in [2.45, 2.75) is 103 Å². The third-order valence-corrected chi connectivity index (χ3v) is 14.9. The Labute approximate surface area is 425 Å². The summed E-state index contributed by atoms with van der Waals surface area (Å²) in [4.78, 5) is 33.2. The maximum absolute atomic E-state index is 14.8. The van der Waals surface area contributed by atoms with Crippen LogP contribution in [0.4, 0.5) is 4.79 Å². The number of fused-ring (bicyclic) bond motifs is 10. The Kier molecular flexibility index (Phi) is 17.2. The van der Waals surface area contributed by atoms with Crippen LogP contribution in [0, 0.1) is 13.8 Å². The summed E-state index contributed by atoms with van der Waals surface area (Å²) in [5.41, 5.74) is 9.98. The van der Waals surface area contributed by atoms with Gasteiger partial charge in [-0.1, -0.05) is 106 Å². The predicted molar refractivity (Wildman–Crippen MR) is 284 cm³/mol. The van der Waals surface area contributed by atoms with Crippen LogP contribution in [0.2, 0.25) is 0 Å². The van der Waals surface area contributed by atoms with Crippen LogP contribution >= 0.6 is 11.8 Å². The van der Waals surface area contributed by atoms with Crippen LogP contribution in [0.5, 0.6) is 28.7 Å². The van der Waals surface area contributed by atoms with Crippen molar-refractivity contribution in [1.29, 1.82) is 0 Å². The molecule has 3 aliphatic heterocycles. The van der Waals surface area contributed by atoms with Crippen molar-refractivity contribution >= 4 is 23.8 Å². The molecule has 71 heavy (non-hydrogen) atoms. The zero-order chi connectivity index (χ0) is 51.1. The number of benzene rings is 4. The van der Waals surface area contributed by atoms with Crippen LogP contribution in [0.25, 0.3) is 11.1 Å². The van der Waals surface area contributed by atoms with Crippen molar-refractivity contribution in [1.82, 2.24) is 15.1 Å². The van der Waals surface area contributed by atoms with Gasteiger partial charge in [-0.25, -0.2) is 9.59 Å². The number of piperazine rings is 1. The molecule has 5 atom stereocenters. The number of aryl methyl sites for hydroxylation is 1. The fraction of sp³-hybridized carbons (Fsp3) is 0.448. The van der Waals surface area contributed by atoms with E-state index in [0.29, 0.717) is 54.1 Å². The van der Waals surface area contributed by atoms with Crippen LogP contribution < -0.4 is 29.0 Å². The van der Waals surface area contributed by atoms with E-state index in [4.69, 9.17) is 33.2 Å². The van der Waals surface area contributed by atoms with Crippen LogP contribution in [-0.2, 0) is 27.1 Å². The van der Waals surface area contributed by atoms with Gasteiger partial charge in [-0.2, -0.15) is 11.8 Å². The van der Waals surface area contributed by atoms with E-state index < -0.39 is 29.7 Å². The number of nitrogens with one attached hydrogen (secondary N) is 1. The highest BCUT2D eigenvalue weighted by Gasteiger charge is 2.53. The molecule has 5 unspecified atom stereocenters. The zero-order valence-corrected chi connectivity index (χ0v) is 44.2. The number of hydrogen-bond acceptors (Lipinski definition) is 12. The molecule has 380 valence electrons. The average molecular weight is 988 g/mol. The first-order chi connectivity index (χ1) is 34.2. The average Bonchev–Trinajstić information content (AvgIpc) is 3.66. The van der Waals surface area contributed by atoms with Gasteiger partial charge in [-0.3, -0.25) is 9.80 Å². The van der Waals surface area contributed by atoms with Gasteiger partial charge in [-0.15, -0.1) is 0 Å². The van der Waals surface area contributed by atoms with Gasteiger partial charge in [0.15, 0.2) is 23.0 Å². The Hall–Kier alpha value is -5.89. The molecule has 0 spiro atoms. The third-order valence-electron chi connectivity index (χ3n) is 13.7. The summed E-state index contributed by atoms with van der Waals surface area (Å²) < 4.78 is 44.2. The van der Waals surface area contributed by atoms with E-state index >= 15 is 0 Å². The van der Waals surface area contributed by atoms with Crippen molar-refractivity contribution in [2.75, 3.05) is 65.7 Å². The Balaban J connectivity index is 0.00000366. The van der Waals surface area contributed by atoms with Gasteiger partial charge in [0, 0.05) is 58.3 Å². The van der Waals surface area contributed by atoms with Gasteiger partial charge in [0.1, 0.15) is 43.8 Å². The lowest BCUT2D eigenvalue weighted by atomic mass is 9.74. The van der Waals surface area contributed by atoms with Crippen LogP contribution in [0.3, 0.4) is 0 Å². The van der Waals surface area contributed by atoms with Crippen molar-refractivity contribution < 1.29 is 42.7 Å². The molecule has 8 rings (SSSR count). The molecule has 12 nitrogen and oxygen atoms in total. The number of carbonyl (C=O) groups excluding carboxylic acids is 2. The Morgan fingerprint density at radius 1 is 0.817 bits per heavy atom. The fourth-order valence-electron chi connectivity index (χ4n) is 11.0. The second-order valence-electron chi connectivity index (χ2n) is 19.2. The number of methoxy groups -OCH3 is 2. The van der Waals surface area contributed by atoms with Crippen molar-refractivity contribution in [3.63, 3.8) is 0 Å². The Morgan fingerprint density at radius 2 is 1.39 bits per heavy atom. The Bertz CT molecular complexity index is 2560. The first kappa shape index (κ1) is 52.9. The molecule has 13 heteroatoms. The summed E-state index contributed by atoms with van der Waals surface area (Å²) in [5.74, 6) is 3.65. The van der Waals surface area contributed by atoms with Crippen LogP contribution in [-0.4, -0.2) is 111 Å². The number of amides is 1. The van der Waals surface area contributed by atoms with Crippen LogP contribution in [0.1, 0.15) is 97.1 Å². The minimum absolute atomic E-state index is 0.0620. The van der Waals surface area contributed by atoms with Crippen molar-refractivity contribution in [3.8, 4) is 39.9 Å². The van der Waals surface area contributed by atoms with E-state index in [0.717, 1.165) is 34.2 Å². The van der Waals surface area contributed by atoms with Gasteiger partial charge in [0.2, 0.25) is 0 Å². The molecule has 1 fully saturated rings. The standard InChI is InChI=1S/C56H67N3O9S.C2H6/c1-12-23-64-50-34(5)51(63-11)53(66-25-14-3)47-41(50)28-44-48-46-35(26-33(4)49(62-10)52(46)65-24-13-2)27-36(58(48)9)29-59(44)45(47)30-67-54(60)43(57-55(61)68-56(6,7)8)32-69-31-42-39-21-17-15-19-37(39)38-20-16-18-22-40(38)42;1-2/h12-22,26,36,42-45,48H,1-3,23-25,27-32H2,4-11H3,(H,57,61);1-2H3. The first-order valence-corrected chi connectivity index (χ1v) is 25.9. The molecule has 4 aromatic rings. The molecule has 2 bridgehead atoms. The minimum Gasteiger partial charge on any atom is -0.493 e. The highest BCUT2D eigenvalue weighted by molar-refractivity contribution is 7.99. The number of ether oxygens (including phenoxy) is 7. The number of rotatable bonds is 19. The maximum Gasteiger partial charge on any atom is 0.408 e. The van der Waals surface area contributed by atoms with Crippen molar-refractivity contribution in [2.24, 2.45) is 0 Å². The highest BCUT2D eigenvalue weighted by Crippen LogP contribution is 2.57. The summed E-state index contributed by atoms with van der Waals surface area (Å²) in [7, 11) is 5.49. The monoisotopic (exact) mass is 988 g/mol. The summed E-state index contributed by atoms with van der Waals surface area (Å²) in [6.45, 7) is 26.7. The van der Waals surface area contributed by atoms with Crippen molar-refractivity contribution in [3.05, 3.63) is 137 Å². The maximum atomic E-state index is 14.8. The summed E-state index contributed by atoms with van der Waals surface area (Å²) in [6.07, 6.45) is 5.81. The van der Waals surface area contributed by atoms with E-state index in [1.807, 2.05) is 20.8 Å². The SMILES string of the molecule is C=CCOc1c(C)c(OC)c(OCC=C)c2c1CC1C3c4c(cc(C)c(OC)c4OCC=C)CC(CN1C2COC(=O)C(CSCC1c2ccccc2-c2ccccc21)NC(=O)OC(C)(C)C)N3C.CC. The number of likely N-dealkylation sites (N-methyl/N-ethyl adjacent to an activating group) is 1. The quantitative estimate of drug-likeness (QED) is 0.0712. The second kappa shape index (κ2) is 23.1. The molecule has 1 saturated heterocycles. The van der Waals surface area contributed by atoms with Crippen LogP contribution in [0.15, 0.2) is 92.6 Å². The first-order valence-electron chi connectivity index (χ1n) is 24.8. The Morgan fingerprint density at radius 3 is 1.97 bits per heavy atom. The van der Waals surface area contributed by atoms with E-state index in [9.17, 15) is 9.59 Å². The van der Waals surface area contributed by atoms with Gasteiger partial charge < -0.3 is 38.5 Å². The number of alkyl carbamates (subject to hydrolysis) is 1. The third kappa shape index (κ3) is 10.7. The molecule has 1 aliphatic carbocycles. The minimum atomic E-state index is -1.02. The van der Waals surface area contributed by atoms with Gasteiger partial charge in [-0.05, 0) is 87.9 Å². The van der Waals surface area contributed by atoms with E-state index in [1.165, 1.54) is 27.8 Å². The molecule has 1 amide bonds. The smallest absolute Gasteiger partial charge is 0.408 e. The molecule has 4 aliphatic rings. The van der Waals surface area contributed by atoms with E-state index in [2.05, 4.69) is 103 Å². The number of carbonyl (C=O) groups is 2. The number of nitrogens with zero attached hydrogens (tertiary/aromatic N) is 2. The highest BCUT2D eigenvalue weighted by atomic mass is 32.2. The predicted octanol–water partition coefficient (Wildman–Crippen LogP) is 10.9. The number of esters is 1. The summed E-state index contributed by atoms with van der Waals surface area (Å²) >= 11 is 1.60. The summed E-state index contributed by atoms with van der Waals surface area (Å²) in [5, 5.41) is 2.89. The number of hydrogen-bond donors (Lipinski definition) is 1. The van der Waals surface area contributed by atoms with Gasteiger partial charge >= 0.3 is 12.1 Å². The van der Waals surface area contributed by atoms with Gasteiger partial charge in [0.25, 0.3) is 0 Å². The molecule has 0 saturated carbocycles. The second-order valence-corrected chi connectivity index (χ2v) is 20.3. The lowest BCUT2D eigenvalue weighted by Crippen LogP contribution is -2.64. The fourth-order valence-corrected chi connectivity index (χ4v) is 12.2. The molecular weight excluding hydrogens is 915 g/mol. The zero-order valence-electron chi connectivity index (χ0n) is 43.4. The molecule has 3 heterocycles. The largest absolute Gasteiger partial charge is 0.493 e. The lowest BCUT2D eigenvalue weighted by Gasteiger charge is -2.58. The molecule has 0 aromatic heterocycles. The molecule has 4 aromatic carbocycles. The number of thioether (sulfide) groups is 1. The van der Waals surface area contributed by atoms with E-state index in [-0.39, 0.29) is 49.6 Å². The van der Waals surface area contributed by atoms with Gasteiger partial charge in [0.05, 0.1) is 26.3 Å². The normalized spacial score (nSPS) is 19.1.